The van der Waals surface area contributed by atoms with Crippen LogP contribution in [0.5, 0.6) is 17.2 Å². The largest absolute Gasteiger partial charge is 0.505 e. The van der Waals surface area contributed by atoms with Crippen molar-refractivity contribution in [1.82, 2.24) is 4.57 Å². The molecule has 170 valence electrons. The number of ether oxygens (including phenoxy) is 2. The van der Waals surface area contributed by atoms with Gasteiger partial charge < -0.3 is 19.0 Å². The van der Waals surface area contributed by atoms with E-state index in [-0.39, 0.29) is 15.9 Å². The number of hydrogen-bond acceptors (Lipinski definition) is 7. The van der Waals surface area contributed by atoms with Gasteiger partial charge in [-0.15, -0.1) is 0 Å². The number of aromatic nitrogens is 1. The van der Waals surface area contributed by atoms with Crippen molar-refractivity contribution in [2.45, 2.75) is 9.79 Å². The molecule has 3 aromatic carbocycles. The molecule has 0 saturated heterocycles. The molecule has 0 radical (unpaired) electrons. The molecule has 0 amide bonds. The highest BCUT2D eigenvalue weighted by Gasteiger charge is 2.23. The minimum atomic E-state index is -0.736. The van der Waals surface area contributed by atoms with Crippen LogP contribution in [0.1, 0.15) is 0 Å². The highest BCUT2D eigenvalue weighted by Crippen LogP contribution is 2.38. The first-order chi connectivity index (χ1) is 16.5. The lowest BCUT2D eigenvalue weighted by atomic mass is 10.1. The van der Waals surface area contributed by atoms with Crippen molar-refractivity contribution >= 4 is 33.6 Å². The van der Waals surface area contributed by atoms with E-state index in [1.54, 1.807) is 61.7 Å². The minimum absolute atomic E-state index is 0.0245. The first-order valence-electron chi connectivity index (χ1n) is 10.3. The van der Waals surface area contributed by atoms with E-state index in [0.29, 0.717) is 33.0 Å². The number of hydrogen-bond donors (Lipinski definition) is 1. The van der Waals surface area contributed by atoms with Gasteiger partial charge in [-0.05, 0) is 48.5 Å². The fourth-order valence-corrected chi connectivity index (χ4v) is 4.65. The molecule has 0 unspecified atom stereocenters. The van der Waals surface area contributed by atoms with Gasteiger partial charge in [0, 0.05) is 22.0 Å². The molecule has 0 bridgehead atoms. The molecule has 5 aromatic rings. The molecular weight excluding hydrogens is 454 g/mol. The van der Waals surface area contributed by atoms with E-state index in [0.717, 1.165) is 11.8 Å². The van der Waals surface area contributed by atoms with Crippen molar-refractivity contribution < 1.29 is 19.0 Å². The second-order valence-electron chi connectivity index (χ2n) is 7.41. The van der Waals surface area contributed by atoms with Crippen LogP contribution in [0.25, 0.3) is 27.6 Å². The number of fused-ring (bicyclic) bond motifs is 3. The summed E-state index contributed by atoms with van der Waals surface area (Å²) in [6.45, 7) is 0. The van der Waals surface area contributed by atoms with E-state index < -0.39 is 16.9 Å². The zero-order valence-corrected chi connectivity index (χ0v) is 19.1. The summed E-state index contributed by atoms with van der Waals surface area (Å²) in [6, 6.07) is 21.1. The Balaban J connectivity index is 1.83. The first kappa shape index (κ1) is 21.7. The predicted molar refractivity (Wildman–Crippen MR) is 131 cm³/mol. The highest BCUT2D eigenvalue weighted by molar-refractivity contribution is 7.99. The number of methoxy groups -OCH3 is 2. The number of para-hydroxylation sites is 1. The smallest absolute Gasteiger partial charge is 0.354 e. The van der Waals surface area contributed by atoms with Crippen LogP contribution in [0, 0.1) is 0 Å². The van der Waals surface area contributed by atoms with E-state index in [1.807, 2.05) is 18.2 Å². The van der Waals surface area contributed by atoms with Crippen LogP contribution in [-0.2, 0) is 0 Å². The monoisotopic (exact) mass is 473 g/mol. The molecule has 1 N–H and O–H groups in total. The van der Waals surface area contributed by atoms with Gasteiger partial charge in [0.15, 0.2) is 11.3 Å². The summed E-state index contributed by atoms with van der Waals surface area (Å²) in [6.07, 6.45) is 0. The molecule has 0 aliphatic heterocycles. The second kappa shape index (κ2) is 8.64. The van der Waals surface area contributed by atoms with Crippen LogP contribution >= 0.6 is 11.8 Å². The summed E-state index contributed by atoms with van der Waals surface area (Å²) in [5, 5.41) is 11.6. The summed E-state index contributed by atoms with van der Waals surface area (Å²) in [4.78, 5) is 27.3. The van der Waals surface area contributed by atoms with E-state index in [1.165, 1.54) is 11.7 Å². The average Bonchev–Trinajstić information content (AvgIpc) is 2.87. The zero-order chi connectivity index (χ0) is 23.8. The molecule has 0 aliphatic rings. The molecule has 5 rings (SSSR count). The van der Waals surface area contributed by atoms with E-state index >= 15 is 0 Å². The summed E-state index contributed by atoms with van der Waals surface area (Å²) >= 11 is 1.02. The summed E-state index contributed by atoms with van der Waals surface area (Å²) in [5.41, 5.74) is -0.139. The van der Waals surface area contributed by atoms with Crippen LogP contribution in [0.2, 0.25) is 0 Å². The molecule has 0 aliphatic carbocycles. The van der Waals surface area contributed by atoms with Crippen molar-refractivity contribution in [3.8, 4) is 22.9 Å². The van der Waals surface area contributed by atoms with E-state index in [2.05, 4.69) is 0 Å². The molecule has 0 spiro atoms. The molecule has 7 nitrogen and oxygen atoms in total. The highest BCUT2D eigenvalue weighted by atomic mass is 32.2. The van der Waals surface area contributed by atoms with Crippen molar-refractivity contribution in [2.24, 2.45) is 0 Å². The van der Waals surface area contributed by atoms with Gasteiger partial charge in [-0.2, -0.15) is 0 Å². The van der Waals surface area contributed by atoms with Crippen molar-refractivity contribution in [1.29, 1.82) is 0 Å². The summed E-state index contributed by atoms with van der Waals surface area (Å²) in [7, 11) is 3.09. The molecule has 0 fully saturated rings. The number of aromatic hydroxyl groups is 1. The Kier molecular flexibility index (Phi) is 5.51. The topological polar surface area (TPSA) is 90.9 Å². The Morgan fingerprint density at radius 1 is 0.882 bits per heavy atom. The normalized spacial score (nSPS) is 11.1. The van der Waals surface area contributed by atoms with Gasteiger partial charge in [-0.1, -0.05) is 30.0 Å². The molecule has 0 atom stereocenters. The number of nitrogens with zero attached hydrogens (tertiary/aromatic N) is 1. The fraction of sp³-hybridized carbons (Fsp3) is 0.0769. The maximum absolute atomic E-state index is 13.7. The molecule has 2 heterocycles. The average molecular weight is 474 g/mol. The summed E-state index contributed by atoms with van der Waals surface area (Å²) < 4.78 is 17.6. The number of rotatable bonds is 5. The lowest BCUT2D eigenvalue weighted by Crippen LogP contribution is -2.20. The Bertz CT molecular complexity index is 1640. The van der Waals surface area contributed by atoms with Crippen LogP contribution in [-0.4, -0.2) is 23.9 Å². The third-order valence-electron chi connectivity index (χ3n) is 5.46. The number of benzene rings is 3. The van der Waals surface area contributed by atoms with Gasteiger partial charge in [-0.25, -0.2) is 4.79 Å². The van der Waals surface area contributed by atoms with E-state index in [4.69, 9.17) is 13.9 Å². The van der Waals surface area contributed by atoms with Crippen molar-refractivity contribution in [3.63, 3.8) is 0 Å². The van der Waals surface area contributed by atoms with Crippen LogP contribution in [0.3, 0.4) is 0 Å². The number of pyridine rings is 1. The van der Waals surface area contributed by atoms with Crippen LogP contribution in [0.15, 0.2) is 96.6 Å². The molecule has 2 aromatic heterocycles. The van der Waals surface area contributed by atoms with Crippen LogP contribution in [0.4, 0.5) is 0 Å². The third kappa shape index (κ3) is 3.58. The maximum Gasteiger partial charge on any atom is 0.354 e. The Morgan fingerprint density at radius 3 is 2.24 bits per heavy atom. The van der Waals surface area contributed by atoms with Gasteiger partial charge in [0.1, 0.15) is 21.8 Å². The van der Waals surface area contributed by atoms with Gasteiger partial charge in [0.05, 0.1) is 19.7 Å². The van der Waals surface area contributed by atoms with Gasteiger partial charge in [0.25, 0.3) is 5.56 Å². The molecule has 8 heteroatoms. The fourth-order valence-electron chi connectivity index (χ4n) is 3.82. The SMILES string of the molecule is COc1ccc(Sc2c(O)c3c(=O)n(-c4ccccc4)c4cc(OC)ccc4c3oc2=O)cc1. The Labute approximate surface area is 197 Å². The Hall–Kier alpha value is -4.17. The second-order valence-corrected chi connectivity index (χ2v) is 8.49. The van der Waals surface area contributed by atoms with Crippen molar-refractivity contribution in [2.75, 3.05) is 14.2 Å². The first-order valence-corrected chi connectivity index (χ1v) is 11.1. The summed E-state index contributed by atoms with van der Waals surface area (Å²) in [5.74, 6) is 0.778. The maximum atomic E-state index is 13.7. The minimum Gasteiger partial charge on any atom is -0.505 e. The van der Waals surface area contributed by atoms with Crippen LogP contribution < -0.4 is 20.7 Å². The lowest BCUT2D eigenvalue weighted by molar-refractivity contribution is 0.414. The quantitative estimate of drug-likeness (QED) is 0.360. The third-order valence-corrected chi connectivity index (χ3v) is 6.53. The predicted octanol–water partition coefficient (Wildman–Crippen LogP) is 4.97. The molecule has 0 saturated carbocycles. The zero-order valence-electron chi connectivity index (χ0n) is 18.3. The Morgan fingerprint density at radius 2 is 1.56 bits per heavy atom. The van der Waals surface area contributed by atoms with Gasteiger partial charge in [0.2, 0.25) is 0 Å². The standard InChI is InChI=1S/C26H19NO6S/c1-31-16-8-11-18(12-9-16)34-24-22(28)21-23(33-26(24)30)19-13-10-17(32-2)14-20(19)27(25(21)29)15-6-4-3-5-7-15/h3-14,28H,1-2H3. The van der Waals surface area contributed by atoms with E-state index in [9.17, 15) is 14.7 Å². The lowest BCUT2D eigenvalue weighted by Gasteiger charge is -2.15. The van der Waals surface area contributed by atoms with Gasteiger partial charge in [-0.3, -0.25) is 9.36 Å². The molecular formula is C26H19NO6S. The molecule has 34 heavy (non-hydrogen) atoms. The van der Waals surface area contributed by atoms with Gasteiger partial charge >= 0.3 is 5.63 Å². The van der Waals surface area contributed by atoms with Crippen molar-refractivity contribution in [3.05, 3.63) is 93.6 Å².